The first-order valence-corrected chi connectivity index (χ1v) is 7.61. The van der Waals surface area contributed by atoms with Gasteiger partial charge in [0.05, 0.1) is 0 Å². The Balaban J connectivity index is 1.87. The number of carbonyl (C=O) groups is 2. The van der Waals surface area contributed by atoms with Gasteiger partial charge in [-0.3, -0.25) is 9.59 Å². The van der Waals surface area contributed by atoms with Crippen molar-refractivity contribution < 1.29 is 14.3 Å². The zero-order valence-corrected chi connectivity index (χ0v) is 12.0. The van der Waals surface area contributed by atoms with Crippen molar-refractivity contribution >= 4 is 11.8 Å². The molecular weight excluding hydrogens is 258 g/mol. The molecule has 114 valence electrons. The smallest absolute Gasteiger partial charge is 0.252 e. The molecule has 2 aliphatic heterocycles. The van der Waals surface area contributed by atoms with E-state index in [-0.39, 0.29) is 24.0 Å². The second kappa shape index (κ2) is 7.59. The Morgan fingerprint density at radius 3 is 2.80 bits per heavy atom. The van der Waals surface area contributed by atoms with E-state index in [2.05, 4.69) is 5.32 Å². The number of piperidine rings is 1. The van der Waals surface area contributed by atoms with Gasteiger partial charge in [0, 0.05) is 38.7 Å². The summed E-state index contributed by atoms with van der Waals surface area (Å²) >= 11 is 0. The van der Waals surface area contributed by atoms with Gasteiger partial charge in [0.1, 0.15) is 6.10 Å². The standard InChI is InChI=1S/C14H25N3O3/c15-7-6-13(18)16-10-11-4-1-2-8-17(11)14(19)12-5-3-9-20-12/h11-12H,1-10,15H2,(H,16,18). The summed E-state index contributed by atoms with van der Waals surface area (Å²) in [6.45, 7) is 2.34. The van der Waals surface area contributed by atoms with Crippen LogP contribution in [0.1, 0.15) is 38.5 Å². The highest BCUT2D eigenvalue weighted by Crippen LogP contribution is 2.21. The van der Waals surface area contributed by atoms with Crippen LogP contribution in [0, 0.1) is 0 Å². The molecule has 6 heteroatoms. The first-order chi connectivity index (χ1) is 9.72. The van der Waals surface area contributed by atoms with Gasteiger partial charge in [-0.1, -0.05) is 0 Å². The van der Waals surface area contributed by atoms with Crippen LogP contribution >= 0.6 is 0 Å². The number of carbonyl (C=O) groups excluding carboxylic acids is 2. The molecule has 0 saturated carbocycles. The van der Waals surface area contributed by atoms with Gasteiger partial charge in [0.15, 0.2) is 0 Å². The van der Waals surface area contributed by atoms with Gasteiger partial charge in [-0.05, 0) is 32.1 Å². The molecule has 6 nitrogen and oxygen atoms in total. The lowest BCUT2D eigenvalue weighted by Crippen LogP contribution is -2.52. The normalized spacial score (nSPS) is 26.6. The molecule has 2 atom stereocenters. The van der Waals surface area contributed by atoms with E-state index in [1.54, 1.807) is 0 Å². The molecule has 0 aromatic rings. The zero-order valence-electron chi connectivity index (χ0n) is 12.0. The number of hydrogen-bond acceptors (Lipinski definition) is 4. The number of ether oxygens (including phenoxy) is 1. The van der Waals surface area contributed by atoms with Gasteiger partial charge in [-0.15, -0.1) is 0 Å². The SMILES string of the molecule is NCCC(=O)NCC1CCCCN1C(=O)C1CCCO1. The third-order valence-electron chi connectivity index (χ3n) is 4.02. The Kier molecular flexibility index (Phi) is 5.79. The van der Waals surface area contributed by atoms with Gasteiger partial charge < -0.3 is 20.7 Å². The second-order valence-electron chi connectivity index (χ2n) is 5.53. The van der Waals surface area contributed by atoms with Gasteiger partial charge >= 0.3 is 0 Å². The van der Waals surface area contributed by atoms with E-state index in [1.165, 1.54) is 0 Å². The molecular formula is C14H25N3O3. The minimum absolute atomic E-state index is 0.0393. The van der Waals surface area contributed by atoms with Crippen LogP contribution in [-0.4, -0.2) is 55.1 Å². The van der Waals surface area contributed by atoms with Crippen molar-refractivity contribution in [2.75, 3.05) is 26.2 Å². The highest BCUT2D eigenvalue weighted by molar-refractivity contribution is 5.82. The molecule has 3 N–H and O–H groups in total. The molecule has 2 rings (SSSR count). The van der Waals surface area contributed by atoms with Crippen molar-refractivity contribution in [2.45, 2.75) is 50.7 Å². The van der Waals surface area contributed by atoms with E-state index in [0.717, 1.165) is 38.6 Å². The largest absolute Gasteiger partial charge is 0.368 e. The molecule has 2 heterocycles. The minimum atomic E-state index is -0.268. The number of rotatable bonds is 5. The number of nitrogens with zero attached hydrogens (tertiary/aromatic N) is 1. The second-order valence-corrected chi connectivity index (χ2v) is 5.53. The topological polar surface area (TPSA) is 84.7 Å². The predicted octanol–water partition coefficient (Wildman–Crippen LogP) is 0.0115. The number of hydrogen-bond donors (Lipinski definition) is 2. The summed E-state index contributed by atoms with van der Waals surface area (Å²) in [5, 5.41) is 2.88. The van der Waals surface area contributed by atoms with Crippen LogP contribution in [0.5, 0.6) is 0 Å². The lowest BCUT2D eigenvalue weighted by molar-refractivity contribution is -0.145. The Morgan fingerprint density at radius 1 is 1.25 bits per heavy atom. The van der Waals surface area contributed by atoms with Gasteiger partial charge in [0.2, 0.25) is 5.91 Å². The summed E-state index contributed by atoms with van der Waals surface area (Å²) in [5.74, 6) is 0.0582. The van der Waals surface area contributed by atoms with Gasteiger partial charge in [-0.2, -0.15) is 0 Å². The molecule has 0 aliphatic carbocycles. The van der Waals surface area contributed by atoms with Crippen molar-refractivity contribution in [3.8, 4) is 0 Å². The molecule has 0 aromatic carbocycles. The van der Waals surface area contributed by atoms with E-state index in [9.17, 15) is 9.59 Å². The van der Waals surface area contributed by atoms with E-state index in [0.29, 0.717) is 26.1 Å². The molecule has 0 bridgehead atoms. The van der Waals surface area contributed by atoms with Crippen molar-refractivity contribution in [1.82, 2.24) is 10.2 Å². The van der Waals surface area contributed by atoms with Crippen LogP contribution in [0.25, 0.3) is 0 Å². The quantitative estimate of drug-likeness (QED) is 0.744. The number of amides is 2. The van der Waals surface area contributed by atoms with Crippen LogP contribution in [0.2, 0.25) is 0 Å². The fourth-order valence-electron chi connectivity index (χ4n) is 2.91. The average Bonchev–Trinajstić information content (AvgIpc) is 2.99. The highest BCUT2D eigenvalue weighted by Gasteiger charge is 2.33. The van der Waals surface area contributed by atoms with Gasteiger partial charge in [0.25, 0.3) is 5.91 Å². The fraction of sp³-hybridized carbons (Fsp3) is 0.857. The van der Waals surface area contributed by atoms with E-state index < -0.39 is 0 Å². The van der Waals surface area contributed by atoms with E-state index >= 15 is 0 Å². The van der Waals surface area contributed by atoms with Crippen molar-refractivity contribution in [2.24, 2.45) is 5.73 Å². The maximum Gasteiger partial charge on any atom is 0.252 e. The minimum Gasteiger partial charge on any atom is -0.368 e. The van der Waals surface area contributed by atoms with Crippen LogP contribution in [0.3, 0.4) is 0 Å². The third kappa shape index (κ3) is 3.93. The fourth-order valence-corrected chi connectivity index (χ4v) is 2.91. The molecule has 2 saturated heterocycles. The number of nitrogens with two attached hydrogens (primary N) is 1. The molecule has 0 radical (unpaired) electrons. The molecule has 0 spiro atoms. The monoisotopic (exact) mass is 283 g/mol. The number of likely N-dealkylation sites (tertiary alicyclic amines) is 1. The van der Waals surface area contributed by atoms with Gasteiger partial charge in [-0.25, -0.2) is 0 Å². The zero-order chi connectivity index (χ0) is 14.4. The molecule has 20 heavy (non-hydrogen) atoms. The summed E-state index contributed by atoms with van der Waals surface area (Å²) < 4.78 is 5.49. The first-order valence-electron chi connectivity index (χ1n) is 7.61. The van der Waals surface area contributed by atoms with Crippen molar-refractivity contribution in [3.05, 3.63) is 0 Å². The summed E-state index contributed by atoms with van der Waals surface area (Å²) in [5.41, 5.74) is 5.35. The molecule has 2 unspecified atom stereocenters. The predicted molar refractivity (Wildman–Crippen MR) is 75.0 cm³/mol. The maximum atomic E-state index is 12.4. The van der Waals surface area contributed by atoms with E-state index in [1.807, 2.05) is 4.90 Å². The third-order valence-corrected chi connectivity index (χ3v) is 4.02. The summed E-state index contributed by atoms with van der Waals surface area (Å²) in [6.07, 6.45) is 4.94. The first kappa shape index (κ1) is 15.3. The Labute approximate surface area is 120 Å². The summed E-state index contributed by atoms with van der Waals surface area (Å²) in [6, 6.07) is 0.0992. The van der Waals surface area contributed by atoms with Crippen LogP contribution in [0.4, 0.5) is 0 Å². The lowest BCUT2D eigenvalue weighted by Gasteiger charge is -2.37. The summed E-state index contributed by atoms with van der Waals surface area (Å²) in [7, 11) is 0. The Bertz CT molecular complexity index is 343. The molecule has 2 amide bonds. The maximum absolute atomic E-state index is 12.4. The Morgan fingerprint density at radius 2 is 2.10 bits per heavy atom. The lowest BCUT2D eigenvalue weighted by atomic mass is 10.0. The van der Waals surface area contributed by atoms with Crippen LogP contribution in [-0.2, 0) is 14.3 Å². The van der Waals surface area contributed by atoms with Crippen molar-refractivity contribution in [1.29, 1.82) is 0 Å². The average molecular weight is 283 g/mol. The molecule has 2 aliphatic rings. The van der Waals surface area contributed by atoms with Crippen LogP contribution < -0.4 is 11.1 Å². The van der Waals surface area contributed by atoms with Crippen LogP contribution in [0.15, 0.2) is 0 Å². The van der Waals surface area contributed by atoms with E-state index in [4.69, 9.17) is 10.5 Å². The number of nitrogens with one attached hydrogen (secondary N) is 1. The van der Waals surface area contributed by atoms with Crippen molar-refractivity contribution in [3.63, 3.8) is 0 Å². The Hall–Kier alpha value is -1.14. The molecule has 0 aromatic heterocycles. The molecule has 2 fully saturated rings. The highest BCUT2D eigenvalue weighted by atomic mass is 16.5. The summed E-state index contributed by atoms with van der Waals surface area (Å²) in [4.78, 5) is 25.9.